The minimum Gasteiger partial charge on any atom is -0.508 e. The van der Waals surface area contributed by atoms with Crippen molar-refractivity contribution in [3.63, 3.8) is 0 Å². The number of carbonyl (C=O) groups is 3. The van der Waals surface area contributed by atoms with Crippen molar-refractivity contribution in [3.05, 3.63) is 29.8 Å². The highest BCUT2D eigenvalue weighted by Gasteiger charge is 2.38. The van der Waals surface area contributed by atoms with Crippen LogP contribution in [0.2, 0.25) is 0 Å². The molecule has 3 N–H and O–H groups in total. The SMILES string of the molecule is CCCCCCN(C(=O)C(NC(=O)OC(C)(C)C)C(C)CC)C(C(=O)NCCCC)c1ccccc1O. The number of ether oxygens (including phenoxy) is 1. The number of nitrogens with one attached hydrogen (secondary N) is 2. The summed E-state index contributed by atoms with van der Waals surface area (Å²) in [5.41, 5.74) is -0.356. The fraction of sp³-hybridized carbons (Fsp3) is 0.690. The van der Waals surface area contributed by atoms with Crippen LogP contribution < -0.4 is 10.6 Å². The number of para-hydroxylation sites is 1. The molecule has 8 heteroatoms. The third kappa shape index (κ3) is 11.0. The predicted octanol–water partition coefficient (Wildman–Crippen LogP) is 5.70. The summed E-state index contributed by atoms with van der Waals surface area (Å²) in [6.07, 6.45) is 5.32. The van der Waals surface area contributed by atoms with Crippen LogP contribution >= 0.6 is 0 Å². The Morgan fingerprint density at radius 2 is 1.65 bits per heavy atom. The molecule has 3 atom stereocenters. The number of alkyl carbamates (subject to hydrolysis) is 1. The maximum Gasteiger partial charge on any atom is 0.408 e. The first-order valence-electron chi connectivity index (χ1n) is 13.8. The standard InChI is InChI=1S/C29H49N3O5/c1-8-11-13-16-20-32(27(35)24(21(4)10-3)31-28(36)37-29(5,6)7)25(26(34)30-19-12-9-2)22-17-14-15-18-23(22)33/h14-15,17-18,21,24-25,33H,8-13,16,19-20H2,1-7H3,(H,30,34)(H,31,36). The second-order valence-electron chi connectivity index (χ2n) is 10.7. The third-order valence-electron chi connectivity index (χ3n) is 6.31. The summed E-state index contributed by atoms with van der Waals surface area (Å²) in [5, 5.41) is 16.4. The van der Waals surface area contributed by atoms with Crippen LogP contribution in [-0.2, 0) is 14.3 Å². The summed E-state index contributed by atoms with van der Waals surface area (Å²) in [6.45, 7) is 14.1. The smallest absolute Gasteiger partial charge is 0.408 e. The molecule has 0 radical (unpaired) electrons. The zero-order chi connectivity index (χ0) is 28.0. The minimum atomic E-state index is -1.03. The van der Waals surface area contributed by atoms with E-state index in [4.69, 9.17) is 4.74 Å². The average Bonchev–Trinajstić information content (AvgIpc) is 2.83. The topological polar surface area (TPSA) is 108 Å². The van der Waals surface area contributed by atoms with E-state index in [9.17, 15) is 19.5 Å². The Hall–Kier alpha value is -2.77. The zero-order valence-electron chi connectivity index (χ0n) is 23.9. The first-order valence-corrected chi connectivity index (χ1v) is 13.8. The number of hydrogen-bond donors (Lipinski definition) is 3. The summed E-state index contributed by atoms with van der Waals surface area (Å²) in [5.74, 6) is -0.967. The molecule has 0 bridgehead atoms. The highest BCUT2D eigenvalue weighted by Crippen LogP contribution is 2.31. The van der Waals surface area contributed by atoms with Crippen molar-refractivity contribution in [2.45, 2.75) is 111 Å². The van der Waals surface area contributed by atoms with E-state index in [1.54, 1.807) is 39.0 Å². The normalized spacial score (nSPS) is 13.8. The number of unbranched alkanes of at least 4 members (excludes halogenated alkanes) is 4. The van der Waals surface area contributed by atoms with Crippen molar-refractivity contribution in [3.8, 4) is 5.75 Å². The number of rotatable bonds is 15. The lowest BCUT2D eigenvalue weighted by Gasteiger charge is -2.36. The van der Waals surface area contributed by atoms with Gasteiger partial charge in [-0.05, 0) is 45.6 Å². The Morgan fingerprint density at radius 3 is 2.22 bits per heavy atom. The summed E-state index contributed by atoms with van der Waals surface area (Å²) in [7, 11) is 0. The van der Waals surface area contributed by atoms with Gasteiger partial charge < -0.3 is 25.4 Å². The predicted molar refractivity (Wildman–Crippen MR) is 147 cm³/mol. The van der Waals surface area contributed by atoms with Crippen molar-refractivity contribution in [1.82, 2.24) is 15.5 Å². The number of hydrogen-bond acceptors (Lipinski definition) is 5. The highest BCUT2D eigenvalue weighted by molar-refractivity contribution is 5.92. The van der Waals surface area contributed by atoms with E-state index in [1.165, 1.54) is 11.0 Å². The number of aromatic hydroxyl groups is 1. The van der Waals surface area contributed by atoms with E-state index in [-0.39, 0.29) is 23.5 Å². The summed E-state index contributed by atoms with van der Waals surface area (Å²) in [6, 6.07) is 4.70. The van der Waals surface area contributed by atoms with Gasteiger partial charge in [0.1, 0.15) is 23.4 Å². The average molecular weight is 520 g/mol. The molecule has 1 aromatic rings. The lowest BCUT2D eigenvalue weighted by Crippen LogP contribution is -2.55. The van der Waals surface area contributed by atoms with Crippen LogP contribution in [-0.4, -0.2) is 52.6 Å². The number of amides is 3. The van der Waals surface area contributed by atoms with Crippen molar-refractivity contribution in [2.24, 2.45) is 5.92 Å². The van der Waals surface area contributed by atoms with Crippen molar-refractivity contribution in [2.75, 3.05) is 13.1 Å². The van der Waals surface area contributed by atoms with Crippen LogP contribution in [0.1, 0.15) is 105 Å². The second-order valence-corrected chi connectivity index (χ2v) is 10.7. The van der Waals surface area contributed by atoms with Gasteiger partial charge in [-0.3, -0.25) is 9.59 Å². The quantitative estimate of drug-likeness (QED) is 0.258. The van der Waals surface area contributed by atoms with Crippen LogP contribution in [0.5, 0.6) is 5.75 Å². The zero-order valence-corrected chi connectivity index (χ0v) is 23.9. The molecule has 0 fully saturated rings. The van der Waals surface area contributed by atoms with Crippen LogP contribution in [0.15, 0.2) is 24.3 Å². The fourth-order valence-corrected chi connectivity index (χ4v) is 4.03. The summed E-state index contributed by atoms with van der Waals surface area (Å²) in [4.78, 5) is 41.9. The molecule has 3 amide bonds. The van der Waals surface area contributed by atoms with Crippen LogP contribution in [0.3, 0.4) is 0 Å². The second kappa shape index (κ2) is 16.2. The van der Waals surface area contributed by atoms with E-state index >= 15 is 0 Å². The van der Waals surface area contributed by atoms with Crippen LogP contribution in [0.25, 0.3) is 0 Å². The molecule has 0 aliphatic rings. The molecule has 0 saturated heterocycles. The van der Waals surface area contributed by atoms with Gasteiger partial charge in [-0.25, -0.2) is 4.79 Å². The maximum atomic E-state index is 14.2. The van der Waals surface area contributed by atoms with E-state index in [1.807, 2.05) is 20.8 Å². The van der Waals surface area contributed by atoms with Gasteiger partial charge in [0, 0.05) is 18.7 Å². The molecule has 0 aromatic heterocycles. The first kappa shape index (κ1) is 32.3. The van der Waals surface area contributed by atoms with Gasteiger partial charge in [0.2, 0.25) is 11.8 Å². The molecule has 0 aliphatic carbocycles. The lowest BCUT2D eigenvalue weighted by molar-refractivity contribution is -0.143. The van der Waals surface area contributed by atoms with Gasteiger partial charge in [0.25, 0.3) is 0 Å². The molecule has 1 rings (SSSR count). The Labute approximate surface area is 223 Å². The number of nitrogens with zero attached hydrogens (tertiary/aromatic N) is 1. The van der Waals surface area contributed by atoms with Crippen molar-refractivity contribution in [1.29, 1.82) is 0 Å². The van der Waals surface area contributed by atoms with Gasteiger partial charge in [-0.1, -0.05) is 78.0 Å². The number of carbonyl (C=O) groups excluding carboxylic acids is 3. The maximum absolute atomic E-state index is 14.2. The molecule has 0 saturated carbocycles. The summed E-state index contributed by atoms with van der Waals surface area (Å²) < 4.78 is 5.44. The molecule has 0 aliphatic heterocycles. The lowest BCUT2D eigenvalue weighted by atomic mass is 9.95. The van der Waals surface area contributed by atoms with E-state index in [0.29, 0.717) is 31.5 Å². The third-order valence-corrected chi connectivity index (χ3v) is 6.31. The molecule has 210 valence electrons. The Kier molecular flexibility index (Phi) is 14.1. The van der Waals surface area contributed by atoms with Crippen LogP contribution in [0, 0.1) is 5.92 Å². The number of benzene rings is 1. The van der Waals surface area contributed by atoms with Crippen LogP contribution in [0.4, 0.5) is 4.79 Å². The molecular formula is C29H49N3O5. The van der Waals surface area contributed by atoms with Crippen molar-refractivity contribution >= 4 is 17.9 Å². The largest absolute Gasteiger partial charge is 0.508 e. The van der Waals surface area contributed by atoms with Gasteiger partial charge in [0.15, 0.2) is 0 Å². The Morgan fingerprint density at radius 1 is 1.00 bits per heavy atom. The molecule has 37 heavy (non-hydrogen) atoms. The monoisotopic (exact) mass is 519 g/mol. The Bertz CT molecular complexity index is 852. The number of phenolic OH excluding ortho intramolecular Hbond substituents is 1. The minimum absolute atomic E-state index is 0.0512. The molecule has 0 heterocycles. The Balaban J connectivity index is 3.48. The first-order chi connectivity index (χ1) is 17.5. The van der Waals surface area contributed by atoms with E-state index in [2.05, 4.69) is 17.6 Å². The van der Waals surface area contributed by atoms with Gasteiger partial charge in [0.05, 0.1) is 0 Å². The molecule has 0 spiro atoms. The molecule has 1 aromatic carbocycles. The van der Waals surface area contributed by atoms with Crippen molar-refractivity contribution < 1.29 is 24.2 Å². The van der Waals surface area contributed by atoms with E-state index < -0.39 is 23.8 Å². The van der Waals surface area contributed by atoms with Gasteiger partial charge in [-0.15, -0.1) is 0 Å². The van der Waals surface area contributed by atoms with Gasteiger partial charge in [-0.2, -0.15) is 0 Å². The summed E-state index contributed by atoms with van der Waals surface area (Å²) >= 11 is 0. The van der Waals surface area contributed by atoms with Gasteiger partial charge >= 0.3 is 6.09 Å². The number of phenols is 1. The molecule has 3 unspecified atom stereocenters. The fourth-order valence-electron chi connectivity index (χ4n) is 4.03. The molecular weight excluding hydrogens is 470 g/mol. The highest BCUT2D eigenvalue weighted by atomic mass is 16.6. The molecule has 8 nitrogen and oxygen atoms in total. The van der Waals surface area contributed by atoms with E-state index in [0.717, 1.165) is 32.1 Å².